The lowest BCUT2D eigenvalue weighted by Gasteiger charge is -2.15. The van der Waals surface area contributed by atoms with Gasteiger partial charge in [-0.1, -0.05) is 24.3 Å². The summed E-state index contributed by atoms with van der Waals surface area (Å²) >= 11 is 0. The third kappa shape index (κ3) is 4.93. The SMILES string of the molecule is CNC(=O)c1ccc(CNC(C)c2cccc(NC(C)=O)c2)cc1. The van der Waals surface area contributed by atoms with Crippen LogP contribution in [0.25, 0.3) is 0 Å². The van der Waals surface area contributed by atoms with E-state index in [1.54, 1.807) is 7.05 Å². The van der Waals surface area contributed by atoms with Crippen molar-refractivity contribution < 1.29 is 9.59 Å². The number of hydrogen-bond acceptors (Lipinski definition) is 3. The molecule has 2 amide bonds. The van der Waals surface area contributed by atoms with E-state index in [2.05, 4.69) is 22.9 Å². The summed E-state index contributed by atoms with van der Waals surface area (Å²) in [5, 5.41) is 8.84. The van der Waals surface area contributed by atoms with Crippen molar-refractivity contribution in [2.45, 2.75) is 26.4 Å². The van der Waals surface area contributed by atoms with E-state index in [4.69, 9.17) is 0 Å². The number of nitrogens with one attached hydrogen (secondary N) is 3. The molecule has 3 N–H and O–H groups in total. The van der Waals surface area contributed by atoms with E-state index in [-0.39, 0.29) is 17.9 Å². The van der Waals surface area contributed by atoms with Crippen molar-refractivity contribution in [2.75, 3.05) is 12.4 Å². The van der Waals surface area contributed by atoms with Crippen LogP contribution in [0.3, 0.4) is 0 Å². The third-order valence-corrected chi connectivity index (χ3v) is 3.76. The lowest BCUT2D eigenvalue weighted by molar-refractivity contribution is -0.114. The second-order valence-corrected chi connectivity index (χ2v) is 5.69. The molecule has 0 saturated heterocycles. The summed E-state index contributed by atoms with van der Waals surface area (Å²) in [5.41, 5.74) is 3.65. The number of benzene rings is 2. The first-order valence-electron chi connectivity index (χ1n) is 7.91. The van der Waals surface area contributed by atoms with Crippen molar-refractivity contribution in [1.82, 2.24) is 10.6 Å². The highest BCUT2D eigenvalue weighted by molar-refractivity contribution is 5.93. The molecule has 126 valence electrons. The Morgan fingerprint density at radius 3 is 2.42 bits per heavy atom. The predicted octanol–water partition coefficient (Wildman–Crippen LogP) is 2.86. The summed E-state index contributed by atoms with van der Waals surface area (Å²) in [7, 11) is 1.62. The van der Waals surface area contributed by atoms with Gasteiger partial charge in [-0.3, -0.25) is 9.59 Å². The summed E-state index contributed by atoms with van der Waals surface area (Å²) in [6.07, 6.45) is 0. The van der Waals surface area contributed by atoms with Crippen molar-refractivity contribution in [3.8, 4) is 0 Å². The van der Waals surface area contributed by atoms with Gasteiger partial charge >= 0.3 is 0 Å². The van der Waals surface area contributed by atoms with Crippen molar-refractivity contribution in [3.05, 3.63) is 65.2 Å². The second kappa shape index (κ2) is 8.26. The molecule has 0 radical (unpaired) electrons. The number of carbonyl (C=O) groups excluding carboxylic acids is 2. The average Bonchev–Trinajstić information content (AvgIpc) is 2.59. The smallest absolute Gasteiger partial charge is 0.251 e. The first kappa shape index (κ1) is 17.7. The molecule has 5 nitrogen and oxygen atoms in total. The fourth-order valence-electron chi connectivity index (χ4n) is 2.40. The van der Waals surface area contributed by atoms with E-state index in [9.17, 15) is 9.59 Å². The van der Waals surface area contributed by atoms with Crippen LogP contribution in [0.5, 0.6) is 0 Å². The maximum atomic E-state index is 11.5. The van der Waals surface area contributed by atoms with Gasteiger partial charge < -0.3 is 16.0 Å². The average molecular weight is 325 g/mol. The molecule has 0 aliphatic heterocycles. The van der Waals surface area contributed by atoms with Crippen LogP contribution < -0.4 is 16.0 Å². The zero-order chi connectivity index (χ0) is 17.5. The molecule has 24 heavy (non-hydrogen) atoms. The highest BCUT2D eigenvalue weighted by atomic mass is 16.2. The molecular weight excluding hydrogens is 302 g/mol. The maximum Gasteiger partial charge on any atom is 0.251 e. The van der Waals surface area contributed by atoms with Gasteiger partial charge in [0.15, 0.2) is 0 Å². The number of hydrogen-bond donors (Lipinski definition) is 3. The zero-order valence-electron chi connectivity index (χ0n) is 14.2. The Hall–Kier alpha value is -2.66. The Morgan fingerprint density at radius 2 is 1.79 bits per heavy atom. The molecule has 2 aromatic rings. The van der Waals surface area contributed by atoms with Gasteiger partial charge in [0.25, 0.3) is 5.91 Å². The van der Waals surface area contributed by atoms with E-state index in [0.29, 0.717) is 12.1 Å². The molecule has 0 aliphatic carbocycles. The van der Waals surface area contributed by atoms with Crippen molar-refractivity contribution >= 4 is 17.5 Å². The van der Waals surface area contributed by atoms with Crippen LogP contribution in [-0.4, -0.2) is 18.9 Å². The number of rotatable bonds is 6. The van der Waals surface area contributed by atoms with Crippen LogP contribution in [0.2, 0.25) is 0 Å². The van der Waals surface area contributed by atoms with Gasteiger partial charge in [0, 0.05) is 37.8 Å². The van der Waals surface area contributed by atoms with Gasteiger partial charge in [0.05, 0.1) is 0 Å². The van der Waals surface area contributed by atoms with Gasteiger partial charge in [-0.15, -0.1) is 0 Å². The minimum atomic E-state index is -0.0855. The van der Waals surface area contributed by atoms with Crippen LogP contribution in [0.1, 0.15) is 41.4 Å². The van der Waals surface area contributed by atoms with Crippen molar-refractivity contribution in [3.63, 3.8) is 0 Å². The molecule has 0 aliphatic rings. The van der Waals surface area contributed by atoms with Gasteiger partial charge in [-0.2, -0.15) is 0 Å². The number of carbonyl (C=O) groups is 2. The van der Waals surface area contributed by atoms with Crippen LogP contribution in [0.15, 0.2) is 48.5 Å². The molecule has 0 heterocycles. The predicted molar refractivity (Wildman–Crippen MR) is 95.8 cm³/mol. The fourth-order valence-corrected chi connectivity index (χ4v) is 2.40. The molecule has 1 atom stereocenters. The molecule has 5 heteroatoms. The minimum Gasteiger partial charge on any atom is -0.355 e. The summed E-state index contributed by atoms with van der Waals surface area (Å²) in [6, 6.07) is 15.4. The summed E-state index contributed by atoms with van der Waals surface area (Å²) in [4.78, 5) is 22.7. The quantitative estimate of drug-likeness (QED) is 0.765. The highest BCUT2D eigenvalue weighted by Gasteiger charge is 2.07. The summed E-state index contributed by atoms with van der Waals surface area (Å²) in [6.45, 7) is 4.27. The molecule has 0 bridgehead atoms. The van der Waals surface area contributed by atoms with E-state index >= 15 is 0 Å². The molecule has 0 aromatic heterocycles. The van der Waals surface area contributed by atoms with Crippen LogP contribution in [-0.2, 0) is 11.3 Å². The first-order chi connectivity index (χ1) is 11.5. The topological polar surface area (TPSA) is 70.2 Å². The summed E-state index contributed by atoms with van der Waals surface area (Å²) in [5.74, 6) is -0.165. The molecule has 0 saturated carbocycles. The first-order valence-corrected chi connectivity index (χ1v) is 7.91. The van der Waals surface area contributed by atoms with Gasteiger partial charge in [0.1, 0.15) is 0 Å². The Morgan fingerprint density at radius 1 is 1.08 bits per heavy atom. The Kier molecular flexibility index (Phi) is 6.09. The monoisotopic (exact) mass is 325 g/mol. The molecular formula is C19H23N3O2. The standard InChI is InChI=1S/C19H23N3O2/c1-13(17-5-4-6-18(11-17)22-14(2)23)21-12-15-7-9-16(10-8-15)19(24)20-3/h4-11,13,21H,12H2,1-3H3,(H,20,24)(H,22,23). The van der Waals surface area contributed by atoms with Crippen molar-refractivity contribution in [2.24, 2.45) is 0 Å². The van der Waals surface area contributed by atoms with Crippen LogP contribution >= 0.6 is 0 Å². The number of anilines is 1. The van der Waals surface area contributed by atoms with E-state index < -0.39 is 0 Å². The second-order valence-electron chi connectivity index (χ2n) is 5.69. The molecule has 0 fully saturated rings. The Bertz CT molecular complexity index is 711. The number of amides is 2. The lowest BCUT2D eigenvalue weighted by atomic mass is 10.1. The van der Waals surface area contributed by atoms with E-state index in [1.807, 2.05) is 48.5 Å². The van der Waals surface area contributed by atoms with Gasteiger partial charge in [-0.05, 0) is 42.3 Å². The fraction of sp³-hybridized carbons (Fsp3) is 0.263. The van der Waals surface area contributed by atoms with Gasteiger partial charge in [0.2, 0.25) is 5.91 Å². The molecule has 1 unspecified atom stereocenters. The molecule has 2 aromatic carbocycles. The molecule has 2 rings (SSSR count). The molecule has 0 spiro atoms. The normalized spacial score (nSPS) is 11.6. The highest BCUT2D eigenvalue weighted by Crippen LogP contribution is 2.18. The van der Waals surface area contributed by atoms with Crippen LogP contribution in [0, 0.1) is 0 Å². The maximum absolute atomic E-state index is 11.5. The Balaban J connectivity index is 1.96. The lowest BCUT2D eigenvalue weighted by Crippen LogP contribution is -2.19. The Labute approximate surface area is 142 Å². The van der Waals surface area contributed by atoms with Gasteiger partial charge in [-0.25, -0.2) is 0 Å². The van der Waals surface area contributed by atoms with Crippen LogP contribution in [0.4, 0.5) is 5.69 Å². The minimum absolute atomic E-state index is 0.0797. The largest absolute Gasteiger partial charge is 0.355 e. The van der Waals surface area contributed by atoms with Crippen molar-refractivity contribution in [1.29, 1.82) is 0 Å². The zero-order valence-corrected chi connectivity index (χ0v) is 14.2. The summed E-state index contributed by atoms with van der Waals surface area (Å²) < 4.78 is 0. The van der Waals surface area contributed by atoms with E-state index in [1.165, 1.54) is 6.92 Å². The third-order valence-electron chi connectivity index (χ3n) is 3.76. The van der Waals surface area contributed by atoms with E-state index in [0.717, 1.165) is 16.8 Å².